The summed E-state index contributed by atoms with van der Waals surface area (Å²) in [6, 6.07) is 29.5. The van der Waals surface area contributed by atoms with Gasteiger partial charge in [-0.1, -0.05) is 130 Å². The number of methoxy groups -OCH3 is 5. The molecule has 0 unspecified atom stereocenters. The van der Waals surface area contributed by atoms with Crippen LogP contribution >= 0.6 is 81.2 Å². The van der Waals surface area contributed by atoms with Gasteiger partial charge in [-0.15, -0.1) is 0 Å². The summed E-state index contributed by atoms with van der Waals surface area (Å²) in [5.41, 5.74) is 10.2. The first-order valence-corrected chi connectivity index (χ1v) is 46.8. The summed E-state index contributed by atoms with van der Waals surface area (Å²) in [6.07, 6.45) is 30.6. The molecule has 4 saturated carbocycles. The minimum atomic E-state index is 0.0682. The number of aromatic nitrogens is 12. The van der Waals surface area contributed by atoms with E-state index in [1.807, 2.05) is 42.5 Å². The van der Waals surface area contributed by atoms with Crippen LogP contribution in [0.2, 0.25) is 35.9 Å². The van der Waals surface area contributed by atoms with E-state index in [1.165, 1.54) is 154 Å². The molecule has 7 N–H and O–H groups in total. The average Bonchev–Trinajstić information content (AvgIpc) is 0.809. The number of halogens is 7. The van der Waals surface area contributed by atoms with E-state index in [2.05, 4.69) is 131 Å². The van der Waals surface area contributed by atoms with E-state index in [0.29, 0.717) is 146 Å². The van der Waals surface area contributed by atoms with Gasteiger partial charge in [0.15, 0.2) is 0 Å². The summed E-state index contributed by atoms with van der Waals surface area (Å²) < 4.78 is 49.3. The molecule has 6 aliphatic rings. The van der Waals surface area contributed by atoms with Gasteiger partial charge in [-0.05, 0) is 286 Å². The first kappa shape index (κ1) is 101. The number of piperidine rings is 2. The third-order valence-corrected chi connectivity index (χ3v) is 24.7. The van der Waals surface area contributed by atoms with Crippen molar-refractivity contribution >= 4 is 139 Å². The molecule has 0 spiro atoms. The molecule has 0 radical (unpaired) electrons. The number of ether oxygens (including phenoxy) is 9. The fraction of sp³-hybridized carbons (Fsp3) is 0.538. The number of rotatable bonds is 29. The van der Waals surface area contributed by atoms with E-state index in [1.54, 1.807) is 84.1 Å². The number of nitrogens with one attached hydrogen (secondary N) is 5. The predicted molar refractivity (Wildman–Crippen MR) is 513 cm³/mol. The van der Waals surface area contributed by atoms with E-state index >= 15 is 0 Å². The highest BCUT2D eigenvalue weighted by Gasteiger charge is 2.27. The molecule has 2 saturated heterocycles. The zero-order valence-corrected chi connectivity index (χ0v) is 80.4. The van der Waals surface area contributed by atoms with Crippen molar-refractivity contribution in [1.29, 1.82) is 0 Å². The summed E-state index contributed by atoms with van der Waals surface area (Å²) >= 11 is 41.7. The first-order chi connectivity index (χ1) is 62.0. The zero-order valence-electron chi connectivity index (χ0n) is 75.1. The van der Waals surface area contributed by atoms with Crippen molar-refractivity contribution in [3.63, 3.8) is 0 Å². The Morgan fingerprint density at radius 3 is 1.03 bits per heavy atom. The monoisotopic (exact) mass is 1900 g/mol. The Kier molecular flexibility index (Phi) is 42.7. The van der Waals surface area contributed by atoms with E-state index in [0.717, 1.165) is 66.8 Å². The van der Waals surface area contributed by atoms with Crippen LogP contribution in [0.25, 0.3) is 0 Å². The number of nitrogen functional groups attached to an aromatic ring is 1. The number of hydrogen-bond acceptors (Lipinski definition) is 30. The third-order valence-electron chi connectivity index (χ3n) is 23.1. The Hall–Kier alpha value is -8.95. The normalized spacial score (nSPS) is 16.0. The van der Waals surface area contributed by atoms with Gasteiger partial charge in [-0.2, -0.15) is 59.8 Å². The molecule has 696 valence electrons. The Morgan fingerprint density at radius 1 is 0.359 bits per heavy atom. The van der Waals surface area contributed by atoms with Crippen LogP contribution in [0.1, 0.15) is 167 Å². The maximum atomic E-state index is 6.30. The summed E-state index contributed by atoms with van der Waals surface area (Å²) in [7, 11) is 16.4. The molecule has 6 fully saturated rings. The summed E-state index contributed by atoms with van der Waals surface area (Å²) in [5, 5.41) is 18.3. The third kappa shape index (κ3) is 34.4. The molecule has 15 rings (SSSR count). The Labute approximate surface area is 788 Å². The van der Waals surface area contributed by atoms with Gasteiger partial charge in [0, 0.05) is 47.6 Å². The molecule has 6 heterocycles. The second-order valence-corrected chi connectivity index (χ2v) is 35.1. The molecular weight excluding hydrogens is 1780 g/mol. The van der Waals surface area contributed by atoms with Crippen LogP contribution in [-0.4, -0.2) is 198 Å². The maximum absolute atomic E-state index is 6.30. The van der Waals surface area contributed by atoms with Gasteiger partial charge in [0.25, 0.3) is 0 Å². The molecule has 0 atom stereocenters. The fourth-order valence-electron chi connectivity index (χ4n) is 15.6. The highest BCUT2D eigenvalue weighted by Crippen LogP contribution is 2.36. The van der Waals surface area contributed by atoms with Crippen molar-refractivity contribution in [3.8, 4) is 52.8 Å². The maximum Gasteiger partial charge on any atom is 0.323 e. The quantitative estimate of drug-likeness (QED) is 0.0237. The number of likely N-dealkylation sites (tertiary alicyclic amines) is 2. The average molecular weight is 1900 g/mol. The van der Waals surface area contributed by atoms with Crippen molar-refractivity contribution in [3.05, 3.63) is 133 Å². The summed E-state index contributed by atoms with van der Waals surface area (Å²) in [5.74, 6) is 7.68. The van der Waals surface area contributed by atoms with E-state index in [4.69, 9.17) is 135 Å². The second kappa shape index (κ2) is 54.0. The number of aryl methyl sites for hydroxylation is 1. The highest BCUT2D eigenvalue weighted by atomic mass is 35.5. The van der Waals surface area contributed by atoms with Crippen LogP contribution in [0.4, 0.5) is 58.2 Å². The largest absolute Gasteiger partial charge is 0.496 e. The lowest BCUT2D eigenvalue weighted by atomic mass is 9.90. The SMILES string of the molecule is CCc1cc(Nc2nc(Nc3ccc(OC)c(Cl)c3)nc(OCC3CCCCC3)n2)ccc1OC.CNC1CCN(C)CC1.COc1ccc(N)cc1Cl.COc1ccc(Nc2nc(Cl)nc(OCC3CCCCC3)n2)cc1Cl.COc1ccc(Nc2nc(OCC3CCCCC3)nc(N(C)C3CCN(C)CC3)n2)cc1Cl.Clc1nc(Cl)nc(OCC2CCCCC2)n1. The van der Waals surface area contributed by atoms with Gasteiger partial charge in [-0.3, -0.25) is 0 Å². The van der Waals surface area contributed by atoms with Crippen molar-refractivity contribution in [2.45, 2.75) is 180 Å². The zero-order chi connectivity index (χ0) is 91.1. The molecule has 0 amide bonds. The van der Waals surface area contributed by atoms with E-state index in [9.17, 15) is 0 Å². The topological polar surface area (TPSA) is 334 Å². The van der Waals surface area contributed by atoms with Gasteiger partial charge < -0.3 is 89.6 Å². The fourth-order valence-corrected chi connectivity index (χ4v) is 17.1. The number of anilines is 10. The van der Waals surface area contributed by atoms with Gasteiger partial charge in [0.1, 0.15) is 28.7 Å². The van der Waals surface area contributed by atoms with Crippen LogP contribution in [0.5, 0.6) is 52.8 Å². The van der Waals surface area contributed by atoms with E-state index in [-0.39, 0.29) is 33.9 Å². The molecule has 128 heavy (non-hydrogen) atoms. The number of nitrogens with two attached hydrogens (primary N) is 1. The minimum Gasteiger partial charge on any atom is -0.496 e. The molecule has 9 aromatic rings. The molecule has 0 bridgehead atoms. The summed E-state index contributed by atoms with van der Waals surface area (Å²) in [6.45, 7) is 9.22. The smallest absolute Gasteiger partial charge is 0.323 e. The van der Waals surface area contributed by atoms with E-state index < -0.39 is 0 Å². The number of benzene rings is 5. The first-order valence-electron chi connectivity index (χ1n) is 44.2. The molecule has 5 aromatic carbocycles. The van der Waals surface area contributed by atoms with Crippen LogP contribution in [0.15, 0.2) is 91.0 Å². The Balaban J connectivity index is 0.000000170. The lowest BCUT2D eigenvalue weighted by Gasteiger charge is -2.35. The van der Waals surface area contributed by atoms with Crippen LogP contribution in [-0.2, 0) is 6.42 Å². The van der Waals surface area contributed by atoms with Gasteiger partial charge in [0.2, 0.25) is 45.6 Å². The van der Waals surface area contributed by atoms with Crippen molar-refractivity contribution in [1.82, 2.24) is 74.9 Å². The second-order valence-electron chi connectivity index (χ2n) is 32.5. The lowest BCUT2D eigenvalue weighted by molar-refractivity contribution is 0.196. The van der Waals surface area contributed by atoms with Crippen molar-refractivity contribution < 1.29 is 42.6 Å². The molecule has 37 heteroatoms. The van der Waals surface area contributed by atoms with Gasteiger partial charge in [-0.25, -0.2) is 0 Å². The number of nitrogens with zero attached hydrogens (tertiary/aromatic N) is 15. The molecule has 30 nitrogen and oxygen atoms in total. The highest BCUT2D eigenvalue weighted by molar-refractivity contribution is 6.33. The van der Waals surface area contributed by atoms with Crippen LogP contribution in [0, 0.1) is 23.7 Å². The van der Waals surface area contributed by atoms with Crippen LogP contribution < -0.4 is 79.8 Å². The molecule has 4 aromatic heterocycles. The van der Waals surface area contributed by atoms with Gasteiger partial charge >= 0.3 is 24.0 Å². The van der Waals surface area contributed by atoms with Crippen LogP contribution in [0.3, 0.4) is 0 Å². The summed E-state index contributed by atoms with van der Waals surface area (Å²) in [4.78, 5) is 58.2. The van der Waals surface area contributed by atoms with Gasteiger partial charge in [0.05, 0.1) is 82.1 Å². The molecule has 2 aliphatic heterocycles. The standard InChI is InChI=1S/C26H32ClN5O3.C24H35ClN6O2.C17H20Cl2N4O2.C10H13Cl2N3O.C7H8ClNO.C7H16N2/c1-4-18-14-19(10-12-22(18)33-2)28-24-30-25(29-20-11-13-23(34-3)21(27)15-20)32-26(31-24)35-16-17-8-6-5-7-9-17;1-30-13-11-19(12-14-30)31(2)23-27-22(26-18-9-10-21(32-3)20(25)15-18)28-24(29-23)33-16-17-7-5-4-6-8-17;1-24-14-8-7-12(9-13(14)18)20-16-21-15(19)22-17(23-16)25-10-11-5-3-2-4-6-11;11-8-13-9(12)15-10(14-8)16-6-7-4-2-1-3-5-7;1-10-7-3-2-5(9)4-6(7)8;1-8-7-3-5-9(2)6-4-7/h10-15,17H,4-9,16H2,1-3H3,(H2,28,29,30,31,32);9-10,15,17,19H,4-8,11-14,16H2,1-3H3,(H,26,27,28,29);7-9,11H,2-6,10H2,1H3,(H,20,21,22,23);7H,1-6H2;2-4H,9H2,1H3;7-8H,3-6H2,1-2H3. The van der Waals surface area contributed by atoms with Crippen molar-refractivity contribution in [2.75, 3.05) is 148 Å². The minimum absolute atomic E-state index is 0.0682. The molecule has 4 aliphatic carbocycles. The number of hydrogen-bond donors (Lipinski definition) is 6. The molecular formula is C91H124Cl7N21O9. The Bertz CT molecular complexity index is 4820. The predicted octanol–water partition coefficient (Wildman–Crippen LogP) is 21.6. The lowest BCUT2D eigenvalue weighted by Crippen LogP contribution is -2.42. The Morgan fingerprint density at radius 2 is 0.672 bits per heavy atom. The van der Waals surface area contributed by atoms with Crippen molar-refractivity contribution in [2.24, 2.45) is 23.7 Å².